The Bertz CT molecular complexity index is 941. The number of fused-ring (bicyclic) bond motifs is 7. The first kappa shape index (κ1) is 25.7. The molecule has 0 radical (unpaired) electrons. The summed E-state index contributed by atoms with van der Waals surface area (Å²) in [5.41, 5.74) is -0.0632. The molecule has 5 rings (SSSR count). The molecule has 4 fully saturated rings. The van der Waals surface area contributed by atoms with Crippen molar-refractivity contribution in [1.29, 1.82) is 0 Å². The highest BCUT2D eigenvalue weighted by atomic mass is 16.4. The Kier molecular flexibility index (Phi) is 5.56. The minimum absolute atomic E-state index is 0.00698. The van der Waals surface area contributed by atoms with Crippen LogP contribution in [0.2, 0.25) is 0 Å². The van der Waals surface area contributed by atoms with Gasteiger partial charge in [0.25, 0.3) is 0 Å². The first-order chi connectivity index (χ1) is 16.1. The number of aliphatic carboxylic acids is 1. The van der Waals surface area contributed by atoms with Crippen molar-refractivity contribution in [2.45, 2.75) is 112 Å². The van der Waals surface area contributed by atoms with Gasteiger partial charge in [0.1, 0.15) is 0 Å². The minimum atomic E-state index is -0.907. The van der Waals surface area contributed by atoms with Crippen LogP contribution in [0.3, 0.4) is 0 Å². The summed E-state index contributed by atoms with van der Waals surface area (Å²) in [6, 6.07) is 0. The third kappa shape index (κ3) is 3.07. The van der Waals surface area contributed by atoms with Gasteiger partial charge in [0.2, 0.25) is 0 Å². The van der Waals surface area contributed by atoms with E-state index in [-0.39, 0.29) is 40.1 Å². The lowest BCUT2D eigenvalue weighted by atomic mass is 9.33. The lowest BCUT2D eigenvalue weighted by molar-refractivity contribution is -0.243. The molecule has 0 aliphatic heterocycles. The molecule has 0 amide bonds. The first-order valence-electron chi connectivity index (χ1n) is 14.0. The van der Waals surface area contributed by atoms with Crippen molar-refractivity contribution in [2.24, 2.45) is 50.2 Å². The molecule has 0 spiro atoms. The number of hydrogen-bond acceptors (Lipinski definition) is 4. The average Bonchev–Trinajstić information content (AvgIpc) is 2.77. The molecule has 35 heavy (non-hydrogen) atoms. The molecule has 1 unspecified atom stereocenters. The maximum Gasteiger partial charge on any atom is 0.310 e. The van der Waals surface area contributed by atoms with Crippen LogP contribution in [0.1, 0.15) is 99.3 Å². The second-order valence-electron chi connectivity index (χ2n) is 15.1. The zero-order valence-electron chi connectivity index (χ0n) is 22.7. The molecule has 4 N–H and O–H groups in total. The molecule has 5 heteroatoms. The van der Waals surface area contributed by atoms with Gasteiger partial charge in [0.05, 0.1) is 24.2 Å². The van der Waals surface area contributed by atoms with Crippen molar-refractivity contribution in [3.63, 3.8) is 0 Å². The van der Waals surface area contributed by atoms with Gasteiger partial charge in [-0.2, -0.15) is 0 Å². The Morgan fingerprint density at radius 2 is 1.60 bits per heavy atom. The van der Waals surface area contributed by atoms with Crippen LogP contribution >= 0.6 is 0 Å². The van der Waals surface area contributed by atoms with Crippen LogP contribution < -0.4 is 0 Å². The molecule has 5 aliphatic rings. The van der Waals surface area contributed by atoms with Gasteiger partial charge in [-0.1, -0.05) is 53.2 Å². The summed E-state index contributed by atoms with van der Waals surface area (Å²) in [7, 11) is 0. The van der Waals surface area contributed by atoms with Gasteiger partial charge < -0.3 is 20.4 Å². The number of carboxylic acid groups (broad SMARTS) is 1. The third-order valence-corrected chi connectivity index (χ3v) is 13.2. The standard InChI is InChI=1S/C30H48O5/c1-25(2)11-13-30(24(34)35)14-12-28(5)18(19(30)15-25)7-8-22-26(3)16-20(32)23(33)27(4,17-31)21(26)9-10-29(22,28)6/h7,19-23,31-33H,8-17H2,1-6H3,(H,34,35)/t19-,20-,21?,22-,23-,26+,27-,28-,29-,30+/m1/s1. The summed E-state index contributed by atoms with van der Waals surface area (Å²) in [5, 5.41) is 42.8. The first-order valence-corrected chi connectivity index (χ1v) is 14.0. The molecule has 5 aliphatic carbocycles. The van der Waals surface area contributed by atoms with Gasteiger partial charge in [-0.3, -0.25) is 4.79 Å². The molecule has 10 atom stereocenters. The highest BCUT2D eigenvalue weighted by Crippen LogP contribution is 2.75. The maximum atomic E-state index is 12.8. The number of hydrogen-bond donors (Lipinski definition) is 4. The molecule has 5 nitrogen and oxygen atoms in total. The molecule has 0 bridgehead atoms. The van der Waals surface area contributed by atoms with Crippen LogP contribution in [-0.4, -0.2) is 45.2 Å². The summed E-state index contributed by atoms with van der Waals surface area (Å²) < 4.78 is 0. The predicted octanol–water partition coefficient (Wildman–Crippen LogP) is 5.18. The van der Waals surface area contributed by atoms with Crippen LogP contribution in [0.15, 0.2) is 11.6 Å². The second kappa shape index (κ2) is 7.57. The molecule has 0 aromatic carbocycles. The summed E-state index contributed by atoms with van der Waals surface area (Å²) in [6.07, 6.45) is 8.40. The Balaban J connectivity index is 1.61. The van der Waals surface area contributed by atoms with E-state index in [1.807, 2.05) is 6.92 Å². The van der Waals surface area contributed by atoms with Gasteiger partial charge in [-0.15, -0.1) is 0 Å². The second-order valence-corrected chi connectivity index (χ2v) is 15.1. The molecule has 0 aromatic heterocycles. The summed E-state index contributed by atoms with van der Waals surface area (Å²) in [4.78, 5) is 12.8. The molecule has 4 saturated carbocycles. The fraction of sp³-hybridized carbons (Fsp3) is 0.900. The van der Waals surface area contributed by atoms with Crippen LogP contribution in [0.25, 0.3) is 0 Å². The Labute approximate surface area is 211 Å². The summed E-state index contributed by atoms with van der Waals surface area (Å²) >= 11 is 0. The van der Waals surface area contributed by atoms with Gasteiger partial charge in [-0.25, -0.2) is 0 Å². The van der Waals surface area contributed by atoms with Gasteiger partial charge in [-0.05, 0) is 97.2 Å². The number of allylic oxidation sites excluding steroid dienone is 2. The number of carbonyl (C=O) groups is 1. The van der Waals surface area contributed by atoms with Gasteiger partial charge >= 0.3 is 5.97 Å². The smallest absolute Gasteiger partial charge is 0.310 e. The van der Waals surface area contributed by atoms with Crippen molar-refractivity contribution in [3.8, 4) is 0 Å². The number of rotatable bonds is 2. The predicted molar refractivity (Wildman–Crippen MR) is 135 cm³/mol. The van der Waals surface area contributed by atoms with E-state index in [4.69, 9.17) is 0 Å². The molecule has 0 aromatic rings. The highest BCUT2D eigenvalue weighted by molar-refractivity contribution is 5.76. The average molecular weight is 489 g/mol. The normalized spacial score (nSPS) is 55.0. The number of carboxylic acids is 1. The van der Waals surface area contributed by atoms with E-state index < -0.39 is 29.0 Å². The van der Waals surface area contributed by atoms with E-state index in [1.165, 1.54) is 5.57 Å². The monoisotopic (exact) mass is 488 g/mol. The number of aliphatic hydroxyl groups excluding tert-OH is 3. The maximum absolute atomic E-state index is 12.8. The quantitative estimate of drug-likeness (QED) is 0.402. The van der Waals surface area contributed by atoms with Crippen molar-refractivity contribution in [1.82, 2.24) is 0 Å². The van der Waals surface area contributed by atoms with E-state index in [0.29, 0.717) is 12.3 Å². The van der Waals surface area contributed by atoms with E-state index in [2.05, 4.69) is 40.7 Å². The Morgan fingerprint density at radius 3 is 2.23 bits per heavy atom. The Hall–Kier alpha value is -0.910. The van der Waals surface area contributed by atoms with E-state index in [1.54, 1.807) is 0 Å². The lowest BCUT2D eigenvalue weighted by Crippen LogP contribution is -2.68. The Morgan fingerprint density at radius 1 is 0.943 bits per heavy atom. The molecule has 0 saturated heterocycles. The van der Waals surface area contributed by atoms with Crippen molar-refractivity contribution < 1.29 is 25.2 Å². The van der Waals surface area contributed by atoms with Gasteiger partial charge in [0, 0.05) is 5.41 Å². The lowest BCUT2D eigenvalue weighted by Gasteiger charge is -2.71. The molecule has 0 heterocycles. The fourth-order valence-corrected chi connectivity index (χ4v) is 10.8. The summed E-state index contributed by atoms with van der Waals surface area (Å²) in [5.74, 6) is -0.0472. The largest absolute Gasteiger partial charge is 0.481 e. The molecular formula is C30H48O5. The molecule has 198 valence electrons. The van der Waals surface area contributed by atoms with Crippen molar-refractivity contribution >= 4 is 5.97 Å². The fourth-order valence-electron chi connectivity index (χ4n) is 10.8. The van der Waals surface area contributed by atoms with E-state index in [9.17, 15) is 25.2 Å². The van der Waals surface area contributed by atoms with Crippen LogP contribution in [-0.2, 0) is 4.79 Å². The SMILES string of the molecule is CC1(C)CC[C@]2(C(=O)O)CC[C@]3(C)C(=CC[C@@H]4[C@@]5(C)C[C@@H](O)[C@@H](O)[C@](C)(CO)C5CC[C@]43C)[C@H]2C1. The highest BCUT2D eigenvalue weighted by Gasteiger charge is 2.70. The minimum Gasteiger partial charge on any atom is -0.481 e. The van der Waals surface area contributed by atoms with E-state index in [0.717, 1.165) is 51.4 Å². The zero-order chi connectivity index (χ0) is 25.8. The molecular weight excluding hydrogens is 440 g/mol. The zero-order valence-corrected chi connectivity index (χ0v) is 22.7. The number of aliphatic hydroxyl groups is 3. The van der Waals surface area contributed by atoms with Crippen LogP contribution in [0.5, 0.6) is 0 Å². The van der Waals surface area contributed by atoms with Crippen LogP contribution in [0.4, 0.5) is 0 Å². The van der Waals surface area contributed by atoms with Crippen LogP contribution in [0, 0.1) is 50.2 Å². The van der Waals surface area contributed by atoms with Crippen molar-refractivity contribution in [3.05, 3.63) is 11.6 Å². The van der Waals surface area contributed by atoms with Gasteiger partial charge in [0.15, 0.2) is 0 Å². The van der Waals surface area contributed by atoms with Crippen molar-refractivity contribution in [2.75, 3.05) is 6.61 Å². The topological polar surface area (TPSA) is 98.0 Å². The van der Waals surface area contributed by atoms with E-state index >= 15 is 0 Å². The summed E-state index contributed by atoms with van der Waals surface area (Å²) in [6.45, 7) is 13.6. The third-order valence-electron chi connectivity index (χ3n) is 13.2.